The van der Waals surface area contributed by atoms with E-state index in [4.69, 9.17) is 5.11 Å². The molecule has 0 saturated carbocycles. The average Bonchev–Trinajstić information content (AvgIpc) is 2.71. The van der Waals surface area contributed by atoms with Crippen LogP contribution in [0.1, 0.15) is 40.0 Å². The van der Waals surface area contributed by atoms with Gasteiger partial charge in [0.1, 0.15) is 0 Å². The van der Waals surface area contributed by atoms with E-state index >= 15 is 0 Å². The molecule has 6 heteroatoms. The van der Waals surface area contributed by atoms with E-state index in [9.17, 15) is 14.4 Å². The number of nitrogens with zero attached hydrogens (tertiary/aromatic N) is 1. The van der Waals surface area contributed by atoms with Crippen molar-refractivity contribution >= 4 is 17.8 Å². The van der Waals surface area contributed by atoms with Gasteiger partial charge in [0.15, 0.2) is 0 Å². The Bertz CT molecular complexity index is 521. The molecular weight excluding hydrogens is 272 g/mol. The molecule has 0 unspecified atom stereocenters. The summed E-state index contributed by atoms with van der Waals surface area (Å²) in [5.74, 6) is -1.27. The highest BCUT2D eigenvalue weighted by Gasteiger charge is 2.34. The molecule has 2 amide bonds. The summed E-state index contributed by atoms with van der Waals surface area (Å²) in [7, 11) is 0. The van der Waals surface area contributed by atoms with Crippen LogP contribution in [0.4, 0.5) is 0 Å². The van der Waals surface area contributed by atoms with Gasteiger partial charge in [-0.3, -0.25) is 19.3 Å². The lowest BCUT2D eigenvalue weighted by Crippen LogP contribution is -2.32. The molecule has 2 rings (SSSR count). The number of hydrogen-bond acceptors (Lipinski definition) is 4. The summed E-state index contributed by atoms with van der Waals surface area (Å²) in [4.78, 5) is 35.7. The van der Waals surface area contributed by atoms with Gasteiger partial charge in [0.2, 0.25) is 0 Å². The molecule has 21 heavy (non-hydrogen) atoms. The molecule has 112 valence electrons. The third-order valence-corrected chi connectivity index (χ3v) is 3.36. The van der Waals surface area contributed by atoms with E-state index in [-0.39, 0.29) is 18.2 Å². The second-order valence-corrected chi connectivity index (χ2v) is 4.91. The molecule has 0 saturated heterocycles. The fraction of sp³-hybridized carbons (Fsp3) is 0.400. The summed E-state index contributed by atoms with van der Waals surface area (Å²) in [5.41, 5.74) is 0.939. The monoisotopic (exact) mass is 290 g/mol. The van der Waals surface area contributed by atoms with Gasteiger partial charge < -0.3 is 10.4 Å². The minimum atomic E-state index is -0.803. The maximum atomic E-state index is 12.1. The second-order valence-electron chi connectivity index (χ2n) is 4.91. The first kappa shape index (κ1) is 15.2. The zero-order chi connectivity index (χ0) is 15.2. The summed E-state index contributed by atoms with van der Waals surface area (Å²) in [6.45, 7) is 1.64. The Kier molecular flexibility index (Phi) is 5.05. The van der Waals surface area contributed by atoms with Crippen LogP contribution >= 0.6 is 0 Å². The van der Waals surface area contributed by atoms with Crippen LogP contribution < -0.4 is 5.32 Å². The van der Waals surface area contributed by atoms with Crippen LogP contribution in [0.3, 0.4) is 0 Å². The predicted octanol–water partition coefficient (Wildman–Crippen LogP) is 1.13. The fourth-order valence-electron chi connectivity index (χ4n) is 2.29. The average molecular weight is 290 g/mol. The molecule has 0 atom stereocenters. The maximum Gasteiger partial charge on any atom is 0.303 e. The van der Waals surface area contributed by atoms with Crippen molar-refractivity contribution in [3.05, 3.63) is 35.4 Å². The van der Waals surface area contributed by atoms with Crippen LogP contribution in [0, 0.1) is 0 Å². The molecule has 1 aliphatic heterocycles. The molecule has 2 N–H and O–H groups in total. The topological polar surface area (TPSA) is 86.7 Å². The Hall–Kier alpha value is -2.21. The first-order chi connectivity index (χ1) is 10.1. The number of carbonyl (C=O) groups excluding carboxylic acids is 2. The first-order valence-electron chi connectivity index (χ1n) is 6.99. The predicted molar refractivity (Wildman–Crippen MR) is 76.2 cm³/mol. The molecule has 6 nitrogen and oxygen atoms in total. The van der Waals surface area contributed by atoms with Crippen molar-refractivity contribution in [2.24, 2.45) is 0 Å². The highest BCUT2D eigenvalue weighted by molar-refractivity contribution is 6.21. The van der Waals surface area contributed by atoms with E-state index in [0.717, 1.165) is 0 Å². The molecule has 0 radical (unpaired) electrons. The molecule has 0 bridgehead atoms. The lowest BCUT2D eigenvalue weighted by Gasteiger charge is -2.13. The molecule has 1 aromatic carbocycles. The molecule has 1 heterocycles. The third-order valence-electron chi connectivity index (χ3n) is 3.36. The second kappa shape index (κ2) is 6.99. The van der Waals surface area contributed by atoms with Crippen LogP contribution in [-0.4, -0.2) is 47.4 Å². The Morgan fingerprint density at radius 2 is 1.62 bits per heavy atom. The number of amides is 2. The van der Waals surface area contributed by atoms with Crippen molar-refractivity contribution < 1.29 is 19.5 Å². The van der Waals surface area contributed by atoms with Gasteiger partial charge in [0.05, 0.1) is 11.1 Å². The van der Waals surface area contributed by atoms with E-state index in [1.807, 2.05) is 0 Å². The van der Waals surface area contributed by atoms with Gasteiger partial charge in [-0.2, -0.15) is 0 Å². The zero-order valence-corrected chi connectivity index (χ0v) is 11.7. The van der Waals surface area contributed by atoms with E-state index in [1.54, 1.807) is 24.3 Å². The van der Waals surface area contributed by atoms with Crippen LogP contribution in [-0.2, 0) is 4.79 Å². The van der Waals surface area contributed by atoms with Gasteiger partial charge >= 0.3 is 5.97 Å². The number of benzene rings is 1. The number of hydrogen-bond donors (Lipinski definition) is 2. The van der Waals surface area contributed by atoms with Gasteiger partial charge in [-0.25, -0.2) is 0 Å². The Morgan fingerprint density at radius 3 is 2.19 bits per heavy atom. The van der Waals surface area contributed by atoms with Crippen molar-refractivity contribution in [3.63, 3.8) is 0 Å². The molecule has 0 aromatic heterocycles. The Morgan fingerprint density at radius 1 is 1.05 bits per heavy atom. The first-order valence-corrected chi connectivity index (χ1v) is 6.99. The lowest BCUT2D eigenvalue weighted by atomic mass is 10.1. The quantitative estimate of drug-likeness (QED) is 0.553. The Labute approximate surface area is 122 Å². The number of imide groups is 1. The number of carbonyl (C=O) groups is 3. The van der Waals surface area contributed by atoms with E-state index in [2.05, 4.69) is 5.32 Å². The van der Waals surface area contributed by atoms with Crippen molar-refractivity contribution in [1.29, 1.82) is 0 Å². The summed E-state index contributed by atoms with van der Waals surface area (Å²) >= 11 is 0. The minimum Gasteiger partial charge on any atom is -0.481 e. The van der Waals surface area contributed by atoms with E-state index < -0.39 is 5.97 Å². The summed E-state index contributed by atoms with van der Waals surface area (Å²) in [6.07, 6.45) is 1.37. The van der Waals surface area contributed by atoms with E-state index in [0.29, 0.717) is 43.6 Å². The highest BCUT2D eigenvalue weighted by atomic mass is 16.4. The van der Waals surface area contributed by atoms with E-state index in [1.165, 1.54) is 4.90 Å². The third kappa shape index (κ3) is 3.66. The summed E-state index contributed by atoms with van der Waals surface area (Å²) in [5, 5.41) is 11.6. The molecule has 0 fully saturated rings. The van der Waals surface area contributed by atoms with Gasteiger partial charge in [-0.1, -0.05) is 12.1 Å². The number of aliphatic carboxylic acids is 1. The van der Waals surface area contributed by atoms with Crippen molar-refractivity contribution in [3.8, 4) is 0 Å². The van der Waals surface area contributed by atoms with Crippen molar-refractivity contribution in [2.45, 2.75) is 19.3 Å². The maximum absolute atomic E-state index is 12.1. The lowest BCUT2D eigenvalue weighted by molar-refractivity contribution is -0.137. The largest absolute Gasteiger partial charge is 0.481 e. The normalized spacial score (nSPS) is 13.6. The van der Waals surface area contributed by atoms with Crippen LogP contribution in [0.2, 0.25) is 0 Å². The number of rotatable bonds is 8. The number of fused-ring (bicyclic) bond motifs is 1. The van der Waals surface area contributed by atoms with Crippen LogP contribution in [0.15, 0.2) is 24.3 Å². The zero-order valence-electron chi connectivity index (χ0n) is 11.7. The van der Waals surface area contributed by atoms with Gasteiger partial charge in [-0.15, -0.1) is 0 Å². The molecule has 1 aliphatic rings. The summed E-state index contributed by atoms with van der Waals surface area (Å²) < 4.78 is 0. The Balaban J connectivity index is 1.72. The molecule has 0 aliphatic carbocycles. The van der Waals surface area contributed by atoms with Gasteiger partial charge in [0.25, 0.3) is 11.8 Å². The highest BCUT2D eigenvalue weighted by Crippen LogP contribution is 2.22. The number of nitrogens with one attached hydrogen (secondary N) is 1. The molecule has 0 spiro atoms. The smallest absolute Gasteiger partial charge is 0.303 e. The number of carboxylic acids is 1. The SMILES string of the molecule is O=C(O)CCCNCCCN1C(=O)c2ccccc2C1=O. The fourth-order valence-corrected chi connectivity index (χ4v) is 2.29. The standard InChI is InChI=1S/C15H18N2O4/c18-13(19)7-3-8-16-9-4-10-17-14(20)11-5-1-2-6-12(11)15(17)21/h1-2,5-6,16H,3-4,7-10H2,(H,18,19). The minimum absolute atomic E-state index is 0.144. The van der Waals surface area contributed by atoms with Gasteiger partial charge in [-0.05, 0) is 38.1 Å². The van der Waals surface area contributed by atoms with Crippen LogP contribution in [0.25, 0.3) is 0 Å². The van der Waals surface area contributed by atoms with Crippen LogP contribution in [0.5, 0.6) is 0 Å². The molecule has 1 aromatic rings. The van der Waals surface area contributed by atoms with Crippen molar-refractivity contribution in [1.82, 2.24) is 10.2 Å². The number of carboxylic acid groups (broad SMARTS) is 1. The molecular formula is C15H18N2O4. The van der Waals surface area contributed by atoms with Crippen molar-refractivity contribution in [2.75, 3.05) is 19.6 Å². The summed E-state index contributed by atoms with van der Waals surface area (Å²) in [6, 6.07) is 6.83. The van der Waals surface area contributed by atoms with Gasteiger partial charge in [0, 0.05) is 13.0 Å².